The van der Waals surface area contributed by atoms with Gasteiger partial charge < -0.3 is 10.1 Å². The molecule has 0 unspecified atom stereocenters. The lowest BCUT2D eigenvalue weighted by atomic mass is 9.92. The van der Waals surface area contributed by atoms with E-state index in [4.69, 9.17) is 16.3 Å². The van der Waals surface area contributed by atoms with E-state index in [1.807, 2.05) is 0 Å². The zero-order chi connectivity index (χ0) is 19.1. The maximum atomic E-state index is 13.2. The Kier molecular flexibility index (Phi) is 4.59. The van der Waals surface area contributed by atoms with Crippen LogP contribution in [0.25, 0.3) is 16.7 Å². The summed E-state index contributed by atoms with van der Waals surface area (Å²) in [5, 5.41) is 3.28. The van der Waals surface area contributed by atoms with Crippen LogP contribution in [-0.2, 0) is 14.3 Å². The molecule has 134 valence electrons. The molecule has 2 aromatic rings. The van der Waals surface area contributed by atoms with E-state index in [9.17, 15) is 14.0 Å². The molecule has 0 amide bonds. The number of ketones is 1. The average Bonchev–Trinajstić information content (AvgIpc) is 2.77. The standard InChI is InChI=1S/C20H17ClFNO3/c1-11(24)26-19-17(18(25)20(2,3)23-19)15-10-13(6-9-16(15)21)12-4-7-14(22)8-5-12/h4-10,23H,1-3H3. The number of hydrogen-bond donors (Lipinski definition) is 1. The highest BCUT2D eigenvalue weighted by molar-refractivity contribution is 6.37. The molecule has 0 saturated heterocycles. The fraction of sp³-hybridized carbons (Fsp3) is 0.200. The van der Waals surface area contributed by atoms with Crippen molar-refractivity contribution in [3.8, 4) is 11.1 Å². The third kappa shape index (κ3) is 3.35. The Morgan fingerprint density at radius 1 is 1.12 bits per heavy atom. The fourth-order valence-electron chi connectivity index (χ4n) is 2.82. The predicted octanol–water partition coefficient (Wildman–Crippen LogP) is 4.33. The third-order valence-corrected chi connectivity index (χ3v) is 4.44. The van der Waals surface area contributed by atoms with E-state index in [2.05, 4.69) is 5.32 Å². The molecule has 0 aliphatic carbocycles. The van der Waals surface area contributed by atoms with E-state index in [1.54, 1.807) is 44.2 Å². The monoisotopic (exact) mass is 373 g/mol. The van der Waals surface area contributed by atoms with E-state index in [1.165, 1.54) is 19.1 Å². The molecular formula is C20H17ClFNO3. The molecule has 4 nitrogen and oxygen atoms in total. The van der Waals surface area contributed by atoms with Crippen molar-refractivity contribution in [2.75, 3.05) is 0 Å². The summed E-state index contributed by atoms with van der Waals surface area (Å²) in [6.07, 6.45) is 0. The van der Waals surface area contributed by atoms with Gasteiger partial charge in [-0.15, -0.1) is 0 Å². The first-order chi connectivity index (χ1) is 12.2. The van der Waals surface area contributed by atoms with Crippen LogP contribution in [-0.4, -0.2) is 17.3 Å². The summed E-state index contributed by atoms with van der Waals surface area (Å²) in [7, 11) is 0. The van der Waals surface area contributed by atoms with Crippen molar-refractivity contribution in [3.05, 3.63) is 64.8 Å². The van der Waals surface area contributed by atoms with Crippen molar-refractivity contribution in [2.24, 2.45) is 0 Å². The zero-order valence-electron chi connectivity index (χ0n) is 14.5. The highest BCUT2D eigenvalue weighted by atomic mass is 35.5. The van der Waals surface area contributed by atoms with Gasteiger partial charge in [0.15, 0.2) is 5.78 Å². The Hall–Kier alpha value is -2.66. The third-order valence-electron chi connectivity index (χ3n) is 4.11. The molecule has 2 aromatic carbocycles. The Labute approximate surface area is 155 Å². The molecule has 0 aromatic heterocycles. The van der Waals surface area contributed by atoms with Crippen molar-refractivity contribution in [3.63, 3.8) is 0 Å². The molecule has 3 rings (SSSR count). The number of halogens is 2. The molecule has 0 saturated carbocycles. The lowest BCUT2D eigenvalue weighted by Gasteiger charge is -2.17. The number of carbonyl (C=O) groups is 2. The van der Waals surface area contributed by atoms with Gasteiger partial charge in [0, 0.05) is 17.5 Å². The van der Waals surface area contributed by atoms with Gasteiger partial charge in [-0.05, 0) is 49.2 Å². The smallest absolute Gasteiger partial charge is 0.309 e. The first-order valence-corrected chi connectivity index (χ1v) is 8.38. The highest BCUT2D eigenvalue weighted by Crippen LogP contribution is 2.37. The summed E-state index contributed by atoms with van der Waals surface area (Å²) in [5.74, 6) is -1.02. The Morgan fingerprint density at radius 2 is 1.73 bits per heavy atom. The van der Waals surface area contributed by atoms with Crippen LogP contribution in [0.15, 0.2) is 48.3 Å². The minimum Gasteiger partial charge on any atom is -0.409 e. The first-order valence-electron chi connectivity index (χ1n) is 8.00. The van der Waals surface area contributed by atoms with E-state index in [0.717, 1.165) is 11.1 Å². The molecule has 0 atom stereocenters. The summed E-state index contributed by atoms with van der Waals surface area (Å²) >= 11 is 6.33. The van der Waals surface area contributed by atoms with Crippen LogP contribution in [0, 0.1) is 5.82 Å². The predicted molar refractivity (Wildman–Crippen MR) is 97.8 cm³/mol. The van der Waals surface area contributed by atoms with Crippen molar-refractivity contribution in [1.82, 2.24) is 5.32 Å². The van der Waals surface area contributed by atoms with Crippen LogP contribution in [0.3, 0.4) is 0 Å². The summed E-state index contributed by atoms with van der Waals surface area (Å²) < 4.78 is 18.4. The SMILES string of the molecule is CC(=O)OC1=C(c2cc(-c3ccc(F)cc3)ccc2Cl)C(=O)C(C)(C)N1. The maximum absolute atomic E-state index is 13.2. The molecule has 0 bridgehead atoms. The number of hydrogen-bond acceptors (Lipinski definition) is 4. The van der Waals surface area contributed by atoms with Crippen LogP contribution in [0.5, 0.6) is 0 Å². The minimum absolute atomic E-state index is 0.0886. The maximum Gasteiger partial charge on any atom is 0.309 e. The van der Waals surface area contributed by atoms with E-state index >= 15 is 0 Å². The lowest BCUT2D eigenvalue weighted by molar-refractivity contribution is -0.137. The summed E-state index contributed by atoms with van der Waals surface area (Å²) in [6, 6.07) is 11.2. The van der Waals surface area contributed by atoms with Gasteiger partial charge >= 0.3 is 5.97 Å². The number of ether oxygens (including phenoxy) is 1. The number of carbonyl (C=O) groups excluding carboxylic acids is 2. The van der Waals surface area contributed by atoms with E-state index in [-0.39, 0.29) is 23.1 Å². The Balaban J connectivity index is 2.14. The molecule has 1 aliphatic heterocycles. The van der Waals surface area contributed by atoms with Crippen LogP contribution >= 0.6 is 11.6 Å². The molecule has 0 radical (unpaired) electrons. The summed E-state index contributed by atoms with van der Waals surface area (Å²) in [6.45, 7) is 4.66. The van der Waals surface area contributed by atoms with Gasteiger partial charge in [0.2, 0.25) is 5.88 Å². The van der Waals surface area contributed by atoms with Crippen LogP contribution < -0.4 is 5.32 Å². The van der Waals surface area contributed by atoms with Gasteiger partial charge in [-0.1, -0.05) is 29.8 Å². The van der Waals surface area contributed by atoms with Crippen LogP contribution in [0.1, 0.15) is 26.3 Å². The second-order valence-corrected chi connectivity index (χ2v) is 6.99. The second-order valence-electron chi connectivity index (χ2n) is 6.58. The van der Waals surface area contributed by atoms with Crippen LogP contribution in [0.2, 0.25) is 5.02 Å². The number of esters is 1. The molecule has 1 heterocycles. The molecular weight excluding hydrogens is 357 g/mol. The van der Waals surface area contributed by atoms with E-state index in [0.29, 0.717) is 10.6 Å². The Bertz CT molecular complexity index is 933. The molecule has 6 heteroatoms. The number of benzene rings is 2. The van der Waals surface area contributed by atoms with Gasteiger partial charge in [-0.2, -0.15) is 0 Å². The minimum atomic E-state index is -0.921. The van der Waals surface area contributed by atoms with Crippen molar-refractivity contribution >= 4 is 28.9 Å². The molecule has 1 aliphatic rings. The largest absolute Gasteiger partial charge is 0.409 e. The van der Waals surface area contributed by atoms with Gasteiger partial charge in [0.25, 0.3) is 0 Å². The molecule has 0 fully saturated rings. The Morgan fingerprint density at radius 3 is 2.35 bits per heavy atom. The normalized spacial score (nSPS) is 15.8. The summed E-state index contributed by atoms with van der Waals surface area (Å²) in [5.41, 5.74) is 1.29. The highest BCUT2D eigenvalue weighted by Gasteiger charge is 2.42. The van der Waals surface area contributed by atoms with Crippen molar-refractivity contribution in [2.45, 2.75) is 26.3 Å². The molecule has 0 spiro atoms. The van der Waals surface area contributed by atoms with Crippen LogP contribution in [0.4, 0.5) is 4.39 Å². The van der Waals surface area contributed by atoms with Gasteiger partial charge in [-0.3, -0.25) is 9.59 Å². The van der Waals surface area contributed by atoms with Gasteiger partial charge in [-0.25, -0.2) is 4.39 Å². The average molecular weight is 374 g/mol. The van der Waals surface area contributed by atoms with E-state index < -0.39 is 11.5 Å². The number of nitrogens with one attached hydrogen (secondary N) is 1. The summed E-state index contributed by atoms with van der Waals surface area (Å²) in [4.78, 5) is 24.3. The van der Waals surface area contributed by atoms with Gasteiger partial charge in [0.05, 0.1) is 11.1 Å². The number of rotatable bonds is 3. The number of Topliss-reactive ketones (excluding diaryl/α,β-unsaturated/α-hetero) is 1. The zero-order valence-corrected chi connectivity index (χ0v) is 15.3. The quantitative estimate of drug-likeness (QED) is 0.814. The first kappa shape index (κ1) is 18.1. The van der Waals surface area contributed by atoms with Crippen molar-refractivity contribution in [1.29, 1.82) is 0 Å². The lowest BCUT2D eigenvalue weighted by Crippen LogP contribution is -2.40. The molecule has 1 N–H and O–H groups in total. The fourth-order valence-corrected chi connectivity index (χ4v) is 3.03. The second kappa shape index (κ2) is 6.57. The van der Waals surface area contributed by atoms with Crippen molar-refractivity contribution < 1.29 is 18.7 Å². The topological polar surface area (TPSA) is 55.4 Å². The van der Waals surface area contributed by atoms with Gasteiger partial charge in [0.1, 0.15) is 5.82 Å². The molecule has 26 heavy (non-hydrogen) atoms.